The Balaban J connectivity index is 2.15. The highest BCUT2D eigenvalue weighted by molar-refractivity contribution is 5.29. The van der Waals surface area contributed by atoms with E-state index in [4.69, 9.17) is 0 Å². The van der Waals surface area contributed by atoms with Crippen LogP contribution in [0.15, 0.2) is 9.59 Å². The van der Waals surface area contributed by atoms with Gasteiger partial charge in [0.05, 0.1) is 0 Å². The average molecular weight is 238 g/mol. The second-order valence-electron chi connectivity index (χ2n) is 4.81. The van der Waals surface area contributed by atoms with Crippen molar-refractivity contribution in [3.05, 3.63) is 20.8 Å². The second kappa shape index (κ2) is 4.35. The van der Waals surface area contributed by atoms with Crippen molar-refractivity contribution >= 4 is 5.82 Å². The predicted molar refractivity (Wildman–Crippen MR) is 65.1 cm³/mol. The van der Waals surface area contributed by atoms with Gasteiger partial charge in [0.25, 0.3) is 5.56 Å². The maximum atomic E-state index is 11.8. The first-order chi connectivity index (χ1) is 8.00. The van der Waals surface area contributed by atoms with Gasteiger partial charge in [-0.1, -0.05) is 6.92 Å². The Bertz CT molecular complexity index is 527. The number of nitrogens with one attached hydrogen (secondary N) is 1. The first kappa shape index (κ1) is 11.9. The van der Waals surface area contributed by atoms with E-state index in [0.29, 0.717) is 5.92 Å². The minimum absolute atomic E-state index is 0.252. The summed E-state index contributed by atoms with van der Waals surface area (Å²) >= 11 is 0. The summed E-state index contributed by atoms with van der Waals surface area (Å²) in [6.45, 7) is 2.89. The van der Waals surface area contributed by atoms with Crippen molar-refractivity contribution in [1.82, 2.24) is 14.3 Å². The summed E-state index contributed by atoms with van der Waals surface area (Å²) in [5.41, 5.74) is -0.771. The van der Waals surface area contributed by atoms with Crippen molar-refractivity contribution in [2.24, 2.45) is 25.9 Å². The number of aryl methyl sites for hydroxylation is 1. The maximum Gasteiger partial charge on any atom is 0.346 e. The molecule has 1 saturated carbocycles. The van der Waals surface area contributed by atoms with Gasteiger partial charge in [-0.3, -0.25) is 9.36 Å². The van der Waals surface area contributed by atoms with Crippen molar-refractivity contribution in [2.45, 2.75) is 19.8 Å². The van der Waals surface area contributed by atoms with E-state index >= 15 is 0 Å². The minimum Gasteiger partial charge on any atom is -0.364 e. The predicted octanol–water partition coefficient (Wildman–Crippen LogP) is -0.0630. The summed E-state index contributed by atoms with van der Waals surface area (Å²) < 4.78 is 2.24. The number of anilines is 1. The first-order valence-electron chi connectivity index (χ1n) is 5.89. The molecule has 0 spiro atoms. The molecule has 0 aliphatic heterocycles. The van der Waals surface area contributed by atoms with Crippen LogP contribution in [0.4, 0.5) is 5.82 Å². The van der Waals surface area contributed by atoms with Gasteiger partial charge in [-0.25, -0.2) is 9.48 Å². The van der Waals surface area contributed by atoms with Gasteiger partial charge in [-0.2, -0.15) is 0 Å². The Morgan fingerprint density at radius 2 is 2.06 bits per heavy atom. The maximum absolute atomic E-state index is 11.8. The third-order valence-corrected chi connectivity index (χ3v) is 3.34. The molecular formula is C11H18N4O2. The number of hydrogen-bond acceptors (Lipinski definition) is 4. The van der Waals surface area contributed by atoms with Crippen LogP contribution in [0, 0.1) is 11.8 Å². The van der Waals surface area contributed by atoms with Crippen molar-refractivity contribution in [3.8, 4) is 0 Å². The van der Waals surface area contributed by atoms with Crippen LogP contribution in [0.25, 0.3) is 0 Å². The Kier molecular flexibility index (Phi) is 3.04. The van der Waals surface area contributed by atoms with E-state index < -0.39 is 5.69 Å². The highest BCUT2D eigenvalue weighted by atomic mass is 16.2. The Morgan fingerprint density at radius 1 is 1.41 bits per heavy atom. The summed E-state index contributed by atoms with van der Waals surface area (Å²) in [5.74, 6) is 1.57. The van der Waals surface area contributed by atoms with Crippen LogP contribution in [0.5, 0.6) is 0 Å². The van der Waals surface area contributed by atoms with Gasteiger partial charge in [-0.15, -0.1) is 5.10 Å². The van der Waals surface area contributed by atoms with Crippen LogP contribution in [-0.2, 0) is 14.1 Å². The van der Waals surface area contributed by atoms with Gasteiger partial charge in [0, 0.05) is 20.6 Å². The van der Waals surface area contributed by atoms with E-state index in [9.17, 15) is 9.59 Å². The minimum atomic E-state index is -0.407. The van der Waals surface area contributed by atoms with Crippen LogP contribution in [0.3, 0.4) is 0 Å². The lowest BCUT2D eigenvalue weighted by Gasteiger charge is -2.12. The third-order valence-electron chi connectivity index (χ3n) is 3.34. The monoisotopic (exact) mass is 238 g/mol. The molecule has 1 aliphatic rings. The summed E-state index contributed by atoms with van der Waals surface area (Å²) in [7, 11) is 3.00. The van der Waals surface area contributed by atoms with Crippen LogP contribution >= 0.6 is 0 Å². The molecule has 0 saturated heterocycles. The molecule has 17 heavy (non-hydrogen) atoms. The molecule has 1 N–H and O–H groups in total. The zero-order chi connectivity index (χ0) is 12.6. The molecule has 1 aromatic heterocycles. The molecule has 1 heterocycles. The Hall–Kier alpha value is -1.59. The van der Waals surface area contributed by atoms with Gasteiger partial charge < -0.3 is 5.32 Å². The molecule has 6 heteroatoms. The molecule has 0 bridgehead atoms. The molecule has 0 radical (unpaired) electrons. The fourth-order valence-corrected chi connectivity index (χ4v) is 1.90. The molecular weight excluding hydrogens is 220 g/mol. The molecule has 1 atom stereocenters. The first-order valence-corrected chi connectivity index (χ1v) is 5.89. The highest BCUT2D eigenvalue weighted by Crippen LogP contribution is 2.36. The molecule has 94 valence electrons. The summed E-state index contributed by atoms with van der Waals surface area (Å²) in [4.78, 5) is 23.2. The van der Waals surface area contributed by atoms with E-state index in [1.807, 2.05) is 0 Å². The lowest BCUT2D eigenvalue weighted by Crippen LogP contribution is -2.40. The lowest BCUT2D eigenvalue weighted by molar-refractivity contribution is 0.530. The van der Waals surface area contributed by atoms with Gasteiger partial charge in [0.1, 0.15) is 0 Å². The summed E-state index contributed by atoms with van der Waals surface area (Å²) in [6.07, 6.45) is 2.56. The fraction of sp³-hybridized carbons (Fsp3) is 0.727. The number of rotatable bonds is 4. The van der Waals surface area contributed by atoms with Gasteiger partial charge in [0.2, 0.25) is 5.82 Å². The molecule has 6 nitrogen and oxygen atoms in total. The Labute approximate surface area is 99.3 Å². The number of aromatic nitrogens is 3. The Morgan fingerprint density at radius 3 is 2.65 bits per heavy atom. The summed E-state index contributed by atoms with van der Waals surface area (Å²) in [6, 6.07) is 0. The fourth-order valence-electron chi connectivity index (χ4n) is 1.90. The topological polar surface area (TPSA) is 68.9 Å². The van der Waals surface area contributed by atoms with Crippen LogP contribution in [0.1, 0.15) is 19.8 Å². The zero-order valence-corrected chi connectivity index (χ0v) is 10.4. The van der Waals surface area contributed by atoms with Gasteiger partial charge in [0.15, 0.2) is 0 Å². The standard InChI is InChI=1S/C11H18N4O2/c1-7(8-4-5-8)6-12-9-10(16)14(2)11(17)15(3)13-9/h7-8H,4-6H2,1-3H3,(H,12,13). The van der Waals surface area contributed by atoms with Crippen LogP contribution in [-0.4, -0.2) is 20.9 Å². The third kappa shape index (κ3) is 2.40. The van der Waals surface area contributed by atoms with Crippen LogP contribution < -0.4 is 16.6 Å². The van der Waals surface area contributed by atoms with Crippen molar-refractivity contribution in [1.29, 1.82) is 0 Å². The van der Waals surface area contributed by atoms with Crippen molar-refractivity contribution < 1.29 is 0 Å². The summed E-state index contributed by atoms with van der Waals surface area (Å²) in [5, 5.41) is 6.98. The van der Waals surface area contributed by atoms with E-state index in [-0.39, 0.29) is 11.4 Å². The average Bonchev–Trinajstić information content (AvgIpc) is 3.13. The largest absolute Gasteiger partial charge is 0.364 e. The van der Waals surface area contributed by atoms with E-state index in [2.05, 4.69) is 17.3 Å². The van der Waals surface area contributed by atoms with Crippen molar-refractivity contribution in [2.75, 3.05) is 11.9 Å². The van der Waals surface area contributed by atoms with Gasteiger partial charge >= 0.3 is 5.69 Å². The van der Waals surface area contributed by atoms with Crippen LogP contribution in [0.2, 0.25) is 0 Å². The second-order valence-corrected chi connectivity index (χ2v) is 4.81. The zero-order valence-electron chi connectivity index (χ0n) is 10.4. The smallest absolute Gasteiger partial charge is 0.346 e. The molecule has 2 rings (SSSR count). The van der Waals surface area contributed by atoms with Gasteiger partial charge in [-0.05, 0) is 24.7 Å². The number of hydrogen-bond donors (Lipinski definition) is 1. The molecule has 1 unspecified atom stereocenters. The highest BCUT2D eigenvalue weighted by Gasteiger charge is 2.27. The normalized spacial score (nSPS) is 16.9. The van der Waals surface area contributed by atoms with E-state index in [1.54, 1.807) is 0 Å². The lowest BCUT2D eigenvalue weighted by atomic mass is 10.1. The quantitative estimate of drug-likeness (QED) is 0.797. The van der Waals surface area contributed by atoms with E-state index in [1.165, 1.54) is 31.6 Å². The van der Waals surface area contributed by atoms with E-state index in [0.717, 1.165) is 17.0 Å². The molecule has 0 aromatic carbocycles. The molecule has 1 fully saturated rings. The van der Waals surface area contributed by atoms with Crippen molar-refractivity contribution in [3.63, 3.8) is 0 Å². The molecule has 1 aliphatic carbocycles. The number of nitrogens with zero attached hydrogens (tertiary/aromatic N) is 3. The molecule has 0 amide bonds. The molecule has 1 aromatic rings. The SMILES string of the molecule is CC(CNc1nn(C)c(=O)n(C)c1=O)C1CC1.